The largest absolute Gasteiger partial charge is 0.492 e. The van der Waals surface area contributed by atoms with Gasteiger partial charge in [-0.1, -0.05) is 12.5 Å². The van der Waals surface area contributed by atoms with E-state index in [0.717, 1.165) is 41.0 Å². The third-order valence-corrected chi connectivity index (χ3v) is 4.07. The monoisotopic (exact) mass is 310 g/mol. The van der Waals surface area contributed by atoms with Gasteiger partial charge < -0.3 is 9.53 Å². The van der Waals surface area contributed by atoms with Crippen molar-refractivity contribution in [1.82, 2.24) is 0 Å². The minimum Gasteiger partial charge on any atom is -0.492 e. The van der Waals surface area contributed by atoms with Gasteiger partial charge in [-0.3, -0.25) is 0 Å². The fourth-order valence-corrected chi connectivity index (χ4v) is 2.95. The van der Waals surface area contributed by atoms with E-state index in [-0.39, 0.29) is 0 Å². The zero-order valence-corrected chi connectivity index (χ0v) is 12.3. The van der Waals surface area contributed by atoms with Gasteiger partial charge in [0.05, 0.1) is 11.1 Å². The quantitative estimate of drug-likeness (QED) is 0.740. The lowest BCUT2D eigenvalue weighted by Crippen LogP contribution is -2.19. The van der Waals surface area contributed by atoms with Crippen LogP contribution in [0.5, 0.6) is 5.75 Å². The summed E-state index contributed by atoms with van der Waals surface area (Å²) in [7, 11) is 0. The number of halogens is 1. The molecule has 3 heteroatoms. The van der Waals surface area contributed by atoms with Crippen molar-refractivity contribution in [2.75, 3.05) is 6.61 Å². The lowest BCUT2D eigenvalue weighted by atomic mass is 9.86. The maximum absolute atomic E-state index is 10.5. The standard InChI is InChI=1S/C15H19BrO2/c1-11-8-13(6-3-7-17)15(14(16)9-11)18-10-12-4-2-5-12/h7-9,12H,2-6,10H2,1H3. The van der Waals surface area contributed by atoms with Crippen LogP contribution in [0.15, 0.2) is 16.6 Å². The zero-order valence-electron chi connectivity index (χ0n) is 10.7. The zero-order chi connectivity index (χ0) is 13.0. The Hall–Kier alpha value is -0.830. The first kappa shape index (κ1) is 13.6. The van der Waals surface area contributed by atoms with Gasteiger partial charge in [0.1, 0.15) is 12.0 Å². The van der Waals surface area contributed by atoms with Gasteiger partial charge >= 0.3 is 0 Å². The van der Waals surface area contributed by atoms with Gasteiger partial charge in [0.2, 0.25) is 0 Å². The molecule has 0 saturated heterocycles. The minimum absolute atomic E-state index is 0.551. The summed E-state index contributed by atoms with van der Waals surface area (Å²) in [4.78, 5) is 10.5. The second-order valence-corrected chi connectivity index (χ2v) is 5.90. The topological polar surface area (TPSA) is 26.3 Å². The molecule has 0 unspecified atom stereocenters. The minimum atomic E-state index is 0.551. The molecule has 2 nitrogen and oxygen atoms in total. The molecule has 0 atom stereocenters. The first-order valence-electron chi connectivity index (χ1n) is 6.56. The fourth-order valence-electron chi connectivity index (χ4n) is 2.22. The highest BCUT2D eigenvalue weighted by Crippen LogP contribution is 2.34. The Labute approximate surface area is 117 Å². The Kier molecular flexibility index (Phi) is 4.81. The van der Waals surface area contributed by atoms with Crippen molar-refractivity contribution in [3.8, 4) is 5.75 Å². The molecule has 1 aliphatic rings. The lowest BCUT2D eigenvalue weighted by Gasteiger charge is -2.26. The molecular weight excluding hydrogens is 292 g/mol. The van der Waals surface area contributed by atoms with Crippen LogP contribution in [0.25, 0.3) is 0 Å². The van der Waals surface area contributed by atoms with E-state index in [1.54, 1.807) is 0 Å². The molecule has 1 fully saturated rings. The van der Waals surface area contributed by atoms with Gasteiger partial charge in [-0.05, 0) is 65.2 Å². The number of rotatable bonds is 6. The van der Waals surface area contributed by atoms with Crippen LogP contribution < -0.4 is 4.74 Å². The number of hydrogen-bond acceptors (Lipinski definition) is 2. The normalized spacial score (nSPS) is 15.2. The molecule has 1 aromatic rings. The Balaban J connectivity index is 2.10. The van der Waals surface area contributed by atoms with E-state index in [0.29, 0.717) is 6.42 Å². The number of carbonyl (C=O) groups is 1. The van der Waals surface area contributed by atoms with Gasteiger partial charge in [-0.25, -0.2) is 0 Å². The Morgan fingerprint density at radius 2 is 2.22 bits per heavy atom. The highest BCUT2D eigenvalue weighted by atomic mass is 79.9. The van der Waals surface area contributed by atoms with Crippen molar-refractivity contribution >= 4 is 22.2 Å². The Bertz CT molecular complexity index is 425. The van der Waals surface area contributed by atoms with Crippen molar-refractivity contribution in [2.45, 2.75) is 39.0 Å². The van der Waals surface area contributed by atoms with Crippen molar-refractivity contribution in [1.29, 1.82) is 0 Å². The summed E-state index contributed by atoms with van der Waals surface area (Å²) < 4.78 is 6.96. The SMILES string of the molecule is Cc1cc(Br)c(OCC2CCC2)c(CCC=O)c1. The van der Waals surface area contributed by atoms with Crippen LogP contribution >= 0.6 is 15.9 Å². The maximum atomic E-state index is 10.5. The van der Waals surface area contributed by atoms with E-state index in [1.807, 2.05) is 0 Å². The first-order chi connectivity index (χ1) is 8.70. The van der Waals surface area contributed by atoms with E-state index in [4.69, 9.17) is 4.74 Å². The number of aldehydes is 1. The smallest absolute Gasteiger partial charge is 0.136 e. The van der Waals surface area contributed by atoms with Crippen LogP contribution in [0.2, 0.25) is 0 Å². The molecule has 0 radical (unpaired) electrons. The third kappa shape index (κ3) is 3.35. The van der Waals surface area contributed by atoms with Gasteiger partial charge in [0.25, 0.3) is 0 Å². The van der Waals surface area contributed by atoms with Crippen LogP contribution in [-0.4, -0.2) is 12.9 Å². The van der Waals surface area contributed by atoms with Gasteiger partial charge in [-0.2, -0.15) is 0 Å². The van der Waals surface area contributed by atoms with E-state index >= 15 is 0 Å². The Morgan fingerprint density at radius 3 is 2.83 bits per heavy atom. The van der Waals surface area contributed by atoms with E-state index in [1.165, 1.54) is 24.8 Å². The molecule has 98 valence electrons. The first-order valence-corrected chi connectivity index (χ1v) is 7.35. The summed E-state index contributed by atoms with van der Waals surface area (Å²) in [5.41, 5.74) is 2.33. The second-order valence-electron chi connectivity index (χ2n) is 5.05. The van der Waals surface area contributed by atoms with Crippen molar-refractivity contribution in [3.63, 3.8) is 0 Å². The van der Waals surface area contributed by atoms with E-state index in [2.05, 4.69) is 35.0 Å². The predicted octanol–water partition coefficient (Wildman–Crippen LogP) is 4.07. The van der Waals surface area contributed by atoms with Gasteiger partial charge in [-0.15, -0.1) is 0 Å². The van der Waals surface area contributed by atoms with Crippen molar-refractivity contribution in [2.24, 2.45) is 5.92 Å². The van der Waals surface area contributed by atoms with Crippen molar-refractivity contribution in [3.05, 3.63) is 27.7 Å². The molecule has 0 spiro atoms. The van der Waals surface area contributed by atoms with Crippen LogP contribution in [-0.2, 0) is 11.2 Å². The third-order valence-electron chi connectivity index (χ3n) is 3.48. The highest BCUT2D eigenvalue weighted by Gasteiger charge is 2.19. The maximum Gasteiger partial charge on any atom is 0.136 e. The molecule has 1 aromatic carbocycles. The molecule has 1 aliphatic carbocycles. The van der Waals surface area contributed by atoms with E-state index in [9.17, 15) is 4.79 Å². The predicted molar refractivity (Wildman–Crippen MR) is 76.1 cm³/mol. The molecular formula is C15H19BrO2. The number of carbonyl (C=O) groups excluding carboxylic acids is 1. The van der Waals surface area contributed by atoms with Crippen LogP contribution in [0.4, 0.5) is 0 Å². The summed E-state index contributed by atoms with van der Waals surface area (Å²) in [6.07, 6.45) is 6.17. The van der Waals surface area contributed by atoms with Crippen LogP contribution in [0.1, 0.15) is 36.8 Å². The molecule has 0 aliphatic heterocycles. The number of aryl methyl sites for hydroxylation is 2. The molecule has 0 heterocycles. The molecule has 18 heavy (non-hydrogen) atoms. The Morgan fingerprint density at radius 1 is 1.44 bits per heavy atom. The fraction of sp³-hybridized carbons (Fsp3) is 0.533. The van der Waals surface area contributed by atoms with Gasteiger partial charge in [0.15, 0.2) is 0 Å². The summed E-state index contributed by atoms with van der Waals surface area (Å²) in [6.45, 7) is 2.86. The van der Waals surface area contributed by atoms with E-state index < -0.39 is 0 Å². The average Bonchev–Trinajstić information content (AvgIpc) is 2.26. The molecule has 0 aromatic heterocycles. The number of benzene rings is 1. The van der Waals surface area contributed by atoms with Crippen LogP contribution in [0.3, 0.4) is 0 Å². The number of hydrogen-bond donors (Lipinski definition) is 0. The summed E-state index contributed by atoms with van der Waals surface area (Å²) in [5.74, 6) is 1.64. The average molecular weight is 311 g/mol. The summed E-state index contributed by atoms with van der Waals surface area (Å²) in [5, 5.41) is 0. The number of ether oxygens (including phenoxy) is 1. The molecule has 1 saturated carbocycles. The van der Waals surface area contributed by atoms with Crippen LogP contribution in [0, 0.1) is 12.8 Å². The molecule has 0 amide bonds. The molecule has 2 rings (SSSR count). The highest BCUT2D eigenvalue weighted by molar-refractivity contribution is 9.10. The summed E-state index contributed by atoms with van der Waals surface area (Å²) in [6, 6.07) is 4.19. The van der Waals surface area contributed by atoms with Gasteiger partial charge in [0, 0.05) is 6.42 Å². The molecule has 0 N–H and O–H groups in total. The second kappa shape index (κ2) is 6.37. The lowest BCUT2D eigenvalue weighted by molar-refractivity contribution is -0.107. The summed E-state index contributed by atoms with van der Waals surface area (Å²) >= 11 is 3.57. The van der Waals surface area contributed by atoms with Crippen molar-refractivity contribution < 1.29 is 9.53 Å². The molecule has 0 bridgehead atoms.